The molecule has 140 valence electrons. The van der Waals surface area contributed by atoms with Gasteiger partial charge in [0.15, 0.2) is 0 Å². The predicted octanol–water partition coefficient (Wildman–Crippen LogP) is 2.10. The first-order chi connectivity index (χ1) is 12.7. The van der Waals surface area contributed by atoms with E-state index in [0.29, 0.717) is 0 Å². The summed E-state index contributed by atoms with van der Waals surface area (Å²) in [6, 6.07) is 6.12. The zero-order valence-electron chi connectivity index (χ0n) is 15.0. The molecule has 6 nitrogen and oxygen atoms in total. The van der Waals surface area contributed by atoms with Crippen LogP contribution in [0.2, 0.25) is 0 Å². The number of thiophene rings is 1. The predicted molar refractivity (Wildman–Crippen MR) is 104 cm³/mol. The van der Waals surface area contributed by atoms with Gasteiger partial charge < -0.3 is 10.0 Å². The third-order valence-electron chi connectivity index (χ3n) is 5.43. The molecule has 0 bridgehead atoms. The van der Waals surface area contributed by atoms with Gasteiger partial charge >= 0.3 is 0 Å². The average Bonchev–Trinajstić information content (AvgIpc) is 3.15. The average molecular weight is 375 g/mol. The van der Waals surface area contributed by atoms with Crippen LogP contribution in [0.4, 0.5) is 5.69 Å². The van der Waals surface area contributed by atoms with Crippen LogP contribution >= 0.6 is 11.3 Å². The van der Waals surface area contributed by atoms with Gasteiger partial charge in [-0.1, -0.05) is 6.07 Å². The minimum Gasteiger partial charge on any atom is -0.393 e. The summed E-state index contributed by atoms with van der Waals surface area (Å²) in [5.41, 5.74) is 0.862. The molecule has 1 atom stereocenters. The number of aromatic nitrogens is 2. The summed E-state index contributed by atoms with van der Waals surface area (Å²) in [4.78, 5) is 18.6. The standard InChI is InChI=1S/C19H26N4O2S/c24-17-5-8-22(9-6-17)16-11-19(25)23(20-12-16)15-3-1-7-21(13-15)14-18-4-2-10-26-18/h2,4,10-12,15,17,24H,1,3,5-9,13-14H2/t15-/m0/s1. The molecular weight excluding hydrogens is 348 g/mol. The fourth-order valence-electron chi connectivity index (χ4n) is 3.98. The van der Waals surface area contributed by atoms with Gasteiger partial charge in [0.2, 0.25) is 0 Å². The molecule has 26 heavy (non-hydrogen) atoms. The Balaban J connectivity index is 1.44. The first-order valence-electron chi connectivity index (χ1n) is 9.45. The van der Waals surface area contributed by atoms with E-state index in [2.05, 4.69) is 32.4 Å². The van der Waals surface area contributed by atoms with Crippen molar-refractivity contribution in [3.63, 3.8) is 0 Å². The molecule has 0 unspecified atom stereocenters. The zero-order chi connectivity index (χ0) is 17.9. The molecule has 4 heterocycles. The van der Waals surface area contributed by atoms with Gasteiger partial charge in [0.1, 0.15) is 0 Å². The van der Waals surface area contributed by atoms with Gasteiger partial charge in [0, 0.05) is 37.1 Å². The first-order valence-corrected chi connectivity index (χ1v) is 10.3. The summed E-state index contributed by atoms with van der Waals surface area (Å²) in [5.74, 6) is 0. The Kier molecular flexibility index (Phi) is 5.38. The number of piperidine rings is 2. The van der Waals surface area contributed by atoms with Crippen LogP contribution in [0.15, 0.2) is 34.6 Å². The van der Waals surface area contributed by atoms with Gasteiger partial charge in [-0.3, -0.25) is 9.69 Å². The van der Waals surface area contributed by atoms with E-state index >= 15 is 0 Å². The van der Waals surface area contributed by atoms with Crippen LogP contribution in [0.5, 0.6) is 0 Å². The maximum Gasteiger partial charge on any atom is 0.269 e. The van der Waals surface area contributed by atoms with Gasteiger partial charge in [-0.2, -0.15) is 5.10 Å². The summed E-state index contributed by atoms with van der Waals surface area (Å²) in [7, 11) is 0. The van der Waals surface area contributed by atoms with Crippen LogP contribution < -0.4 is 10.5 Å². The summed E-state index contributed by atoms with van der Waals surface area (Å²) in [6.45, 7) is 4.48. The molecule has 4 rings (SSSR count). The summed E-state index contributed by atoms with van der Waals surface area (Å²) < 4.78 is 1.67. The van der Waals surface area contributed by atoms with Crippen molar-refractivity contribution in [3.8, 4) is 0 Å². The van der Waals surface area contributed by atoms with Gasteiger partial charge in [-0.25, -0.2) is 4.68 Å². The lowest BCUT2D eigenvalue weighted by atomic mass is 10.1. The highest BCUT2D eigenvalue weighted by atomic mass is 32.1. The van der Waals surface area contributed by atoms with E-state index in [9.17, 15) is 9.90 Å². The number of aliphatic hydroxyl groups is 1. The fraction of sp³-hybridized carbons (Fsp3) is 0.579. The fourth-order valence-corrected chi connectivity index (χ4v) is 4.72. The van der Waals surface area contributed by atoms with Crippen molar-refractivity contribution in [2.75, 3.05) is 31.1 Å². The largest absolute Gasteiger partial charge is 0.393 e. The van der Waals surface area contributed by atoms with Crippen LogP contribution in [-0.2, 0) is 6.54 Å². The van der Waals surface area contributed by atoms with E-state index < -0.39 is 0 Å². The van der Waals surface area contributed by atoms with Crippen molar-refractivity contribution in [3.05, 3.63) is 45.0 Å². The summed E-state index contributed by atoms with van der Waals surface area (Å²) in [5, 5.41) is 16.3. The first kappa shape index (κ1) is 17.7. The highest BCUT2D eigenvalue weighted by molar-refractivity contribution is 7.09. The summed E-state index contributed by atoms with van der Waals surface area (Å²) in [6.07, 6.45) is 5.21. The molecular formula is C19H26N4O2S. The van der Waals surface area contributed by atoms with Crippen LogP contribution in [0.1, 0.15) is 36.6 Å². The van der Waals surface area contributed by atoms with Crippen molar-refractivity contribution < 1.29 is 5.11 Å². The molecule has 0 aromatic carbocycles. The van der Waals surface area contributed by atoms with Crippen molar-refractivity contribution in [2.24, 2.45) is 0 Å². The molecule has 2 aliphatic heterocycles. The van der Waals surface area contributed by atoms with E-state index in [1.165, 1.54) is 4.88 Å². The van der Waals surface area contributed by atoms with Crippen molar-refractivity contribution >= 4 is 17.0 Å². The second kappa shape index (κ2) is 7.90. The third-order valence-corrected chi connectivity index (χ3v) is 6.29. The normalized spacial score (nSPS) is 22.7. The Morgan fingerprint density at radius 1 is 1.23 bits per heavy atom. The number of likely N-dealkylation sites (tertiary alicyclic amines) is 1. The molecule has 2 aliphatic rings. The number of aliphatic hydroxyl groups excluding tert-OH is 1. The number of rotatable bonds is 4. The van der Waals surface area contributed by atoms with E-state index in [1.54, 1.807) is 22.1 Å². The smallest absolute Gasteiger partial charge is 0.269 e. The molecule has 0 aliphatic carbocycles. The number of hydrogen-bond acceptors (Lipinski definition) is 6. The number of nitrogens with zero attached hydrogens (tertiary/aromatic N) is 4. The van der Waals surface area contributed by atoms with Gasteiger partial charge in [0.05, 0.1) is 24.0 Å². The van der Waals surface area contributed by atoms with Gasteiger partial charge in [-0.15, -0.1) is 11.3 Å². The molecule has 0 amide bonds. The molecule has 0 saturated carbocycles. The second-order valence-corrected chi connectivity index (χ2v) is 8.36. The van der Waals surface area contributed by atoms with Crippen LogP contribution in [0.3, 0.4) is 0 Å². The molecule has 2 saturated heterocycles. The van der Waals surface area contributed by atoms with Crippen molar-refractivity contribution in [1.29, 1.82) is 0 Å². The van der Waals surface area contributed by atoms with Crippen LogP contribution in [0, 0.1) is 0 Å². The maximum absolute atomic E-state index is 12.7. The quantitative estimate of drug-likeness (QED) is 0.888. The lowest BCUT2D eigenvalue weighted by molar-refractivity contribution is 0.145. The van der Waals surface area contributed by atoms with E-state index in [1.807, 2.05) is 6.20 Å². The van der Waals surface area contributed by atoms with Crippen molar-refractivity contribution in [2.45, 2.75) is 44.4 Å². The van der Waals surface area contributed by atoms with Gasteiger partial charge in [-0.05, 0) is 43.7 Å². The maximum atomic E-state index is 12.7. The Bertz CT molecular complexity index is 768. The SMILES string of the molecule is O=c1cc(N2CCC(O)CC2)cnn1[C@H]1CCCN(Cc2cccs2)C1. The Morgan fingerprint density at radius 2 is 2.08 bits per heavy atom. The van der Waals surface area contributed by atoms with Crippen LogP contribution in [0.25, 0.3) is 0 Å². The molecule has 2 aromatic rings. The number of hydrogen-bond donors (Lipinski definition) is 1. The molecule has 1 N–H and O–H groups in total. The molecule has 0 radical (unpaired) electrons. The summed E-state index contributed by atoms with van der Waals surface area (Å²) >= 11 is 1.79. The minimum atomic E-state index is -0.212. The lowest BCUT2D eigenvalue weighted by Gasteiger charge is -2.33. The highest BCUT2D eigenvalue weighted by Crippen LogP contribution is 2.23. The third kappa shape index (κ3) is 4.00. The molecule has 0 spiro atoms. The molecule has 2 aromatic heterocycles. The van der Waals surface area contributed by atoms with E-state index in [-0.39, 0.29) is 17.7 Å². The Morgan fingerprint density at radius 3 is 2.81 bits per heavy atom. The van der Waals surface area contributed by atoms with E-state index in [4.69, 9.17) is 0 Å². The molecule has 2 fully saturated rings. The highest BCUT2D eigenvalue weighted by Gasteiger charge is 2.24. The van der Waals surface area contributed by atoms with Crippen molar-refractivity contribution in [1.82, 2.24) is 14.7 Å². The topological polar surface area (TPSA) is 61.6 Å². The Labute approximate surface area is 157 Å². The minimum absolute atomic E-state index is 0.0170. The van der Waals surface area contributed by atoms with E-state index in [0.717, 1.165) is 64.1 Å². The monoisotopic (exact) mass is 374 g/mol. The second-order valence-electron chi connectivity index (χ2n) is 7.33. The Hall–Kier alpha value is -1.70. The molecule has 7 heteroatoms. The number of anilines is 1. The zero-order valence-corrected chi connectivity index (χ0v) is 15.8. The van der Waals surface area contributed by atoms with Gasteiger partial charge in [0.25, 0.3) is 5.56 Å². The van der Waals surface area contributed by atoms with Crippen LogP contribution in [-0.4, -0.2) is 52.1 Å². The lowest BCUT2D eigenvalue weighted by Crippen LogP contribution is -2.41.